The molecular weight excluding hydrogens is 635 g/mol. The van der Waals surface area contributed by atoms with Crippen molar-refractivity contribution in [3.8, 4) is 5.75 Å². The average molecular weight is 672 g/mol. The molecule has 2 N–H and O–H groups in total. The molecule has 0 aliphatic carbocycles. The number of imidazole rings is 1. The quantitative estimate of drug-likeness (QED) is 0.142. The fourth-order valence-electron chi connectivity index (χ4n) is 4.50. The zero-order valence-corrected chi connectivity index (χ0v) is 28.5. The van der Waals surface area contributed by atoms with Crippen LogP contribution >= 0.6 is 12.2 Å². The van der Waals surface area contributed by atoms with Crippen LogP contribution in [0.25, 0.3) is 11.2 Å². The molecule has 12 nitrogen and oxygen atoms in total. The first-order valence-corrected chi connectivity index (χ1v) is 19.0. The highest BCUT2D eigenvalue weighted by Gasteiger charge is 2.52. The van der Waals surface area contributed by atoms with Crippen LogP contribution in [0.2, 0.25) is 18.1 Å². The van der Waals surface area contributed by atoms with Gasteiger partial charge in [0.25, 0.3) is 10.1 Å². The largest absolute Gasteiger partial charge is 0.447 e. The zero-order valence-electron chi connectivity index (χ0n) is 25.9. The van der Waals surface area contributed by atoms with Crippen LogP contribution in [0.3, 0.4) is 0 Å². The van der Waals surface area contributed by atoms with E-state index in [2.05, 4.69) is 48.8 Å². The van der Waals surface area contributed by atoms with E-state index in [-0.39, 0.29) is 27.6 Å². The lowest BCUT2D eigenvalue weighted by Gasteiger charge is -2.37. The Morgan fingerprint density at radius 3 is 2.40 bits per heavy atom. The van der Waals surface area contributed by atoms with Gasteiger partial charge in [0.05, 0.1) is 17.8 Å². The number of aryl methyl sites for hydroxylation is 1. The smallest absolute Gasteiger partial charge is 0.358 e. The highest BCUT2D eigenvalue weighted by Crippen LogP contribution is 2.41. The third-order valence-corrected chi connectivity index (χ3v) is 14.1. The van der Waals surface area contributed by atoms with Crippen molar-refractivity contribution in [1.82, 2.24) is 19.5 Å². The Labute approximate surface area is 269 Å². The summed E-state index contributed by atoms with van der Waals surface area (Å²) in [4.78, 5) is 12.7. The number of nitrogens with zero attached hydrogens (tertiary/aromatic N) is 4. The number of aromatic nitrogens is 4. The minimum Gasteiger partial charge on any atom is -0.447 e. The number of anilines is 1. The highest BCUT2D eigenvalue weighted by atomic mass is 32.2. The minimum absolute atomic E-state index is 0.0308. The van der Waals surface area contributed by atoms with Gasteiger partial charge in [0.1, 0.15) is 23.7 Å². The molecule has 2 aromatic heterocycles. The maximum absolute atomic E-state index is 13.7. The number of nitrogens with two attached hydrogens (primary N) is 1. The number of ether oxygens (including phenoxy) is 3. The summed E-state index contributed by atoms with van der Waals surface area (Å²) in [5, 5.41) is -0.344. The molecule has 0 bridgehead atoms. The lowest BCUT2D eigenvalue weighted by atomic mass is 10.1. The standard InChI is InChI=1S/C30H37N5O7S2Si/c1-19-12-14-21(15-13-19)44(36,37)42-25-24(41-29(43)39-20-10-8-7-9-11-20)22(16-38-45(5,6)30(2,3)4)40-28(25)35-18-34-23-26(31)32-17-33-27(23)35/h7-15,17-18,22,24-25,28H,16H2,1-6H3,(H2,31,32,33)/t22-,24-,25-,28-/m1/s1. The van der Waals surface area contributed by atoms with Crippen LogP contribution in [0.15, 0.2) is 72.1 Å². The van der Waals surface area contributed by atoms with Crippen LogP contribution in [0, 0.1) is 6.92 Å². The average Bonchev–Trinajstić information content (AvgIpc) is 3.54. The molecule has 0 spiro atoms. The molecule has 45 heavy (non-hydrogen) atoms. The zero-order chi connectivity index (χ0) is 32.6. The highest BCUT2D eigenvalue weighted by molar-refractivity contribution is 7.86. The van der Waals surface area contributed by atoms with Crippen molar-refractivity contribution < 1.29 is 31.2 Å². The van der Waals surface area contributed by atoms with Crippen molar-refractivity contribution in [1.29, 1.82) is 0 Å². The molecule has 0 unspecified atom stereocenters. The molecule has 4 aromatic rings. The lowest BCUT2D eigenvalue weighted by Crippen LogP contribution is -2.46. The Kier molecular flexibility index (Phi) is 9.31. The third-order valence-electron chi connectivity index (χ3n) is 8.09. The molecule has 2 aromatic carbocycles. The van der Waals surface area contributed by atoms with Crippen LogP contribution < -0.4 is 10.5 Å². The fourth-order valence-corrected chi connectivity index (χ4v) is 6.80. The van der Waals surface area contributed by atoms with E-state index in [1.165, 1.54) is 24.8 Å². The van der Waals surface area contributed by atoms with Gasteiger partial charge in [-0.2, -0.15) is 8.42 Å². The van der Waals surface area contributed by atoms with Gasteiger partial charge in [0, 0.05) is 12.2 Å². The van der Waals surface area contributed by atoms with Crippen molar-refractivity contribution >= 4 is 52.9 Å². The van der Waals surface area contributed by atoms with Crippen molar-refractivity contribution in [3.05, 3.63) is 72.8 Å². The number of thiocarbonyl (C=S) groups is 1. The molecule has 240 valence electrons. The Hall–Kier alpha value is -3.47. The van der Waals surface area contributed by atoms with Gasteiger partial charge in [-0.15, -0.1) is 0 Å². The van der Waals surface area contributed by atoms with Gasteiger partial charge >= 0.3 is 5.24 Å². The lowest BCUT2D eigenvalue weighted by molar-refractivity contribution is -0.0459. The number of para-hydroxylation sites is 1. The summed E-state index contributed by atoms with van der Waals surface area (Å²) < 4.78 is 60.0. The van der Waals surface area contributed by atoms with Gasteiger partial charge in [-0.1, -0.05) is 56.7 Å². The van der Waals surface area contributed by atoms with Crippen LogP contribution in [-0.2, 0) is 28.2 Å². The van der Waals surface area contributed by atoms with E-state index in [0.29, 0.717) is 16.9 Å². The molecule has 0 saturated carbocycles. The maximum Gasteiger partial charge on any atom is 0.358 e. The number of fused-ring (bicyclic) bond motifs is 1. The van der Waals surface area contributed by atoms with E-state index in [1.807, 2.05) is 13.0 Å². The predicted molar refractivity (Wildman–Crippen MR) is 175 cm³/mol. The molecule has 15 heteroatoms. The summed E-state index contributed by atoms with van der Waals surface area (Å²) in [6, 6.07) is 15.2. The summed E-state index contributed by atoms with van der Waals surface area (Å²) in [6.07, 6.45) is -1.57. The van der Waals surface area contributed by atoms with Gasteiger partial charge in [0.2, 0.25) is 0 Å². The predicted octanol–water partition coefficient (Wildman–Crippen LogP) is 5.16. The Morgan fingerprint density at radius 1 is 1.04 bits per heavy atom. The summed E-state index contributed by atoms with van der Waals surface area (Å²) in [6.45, 7) is 12.5. The minimum atomic E-state index is -4.33. The van der Waals surface area contributed by atoms with E-state index >= 15 is 0 Å². The SMILES string of the molecule is Cc1ccc(S(=O)(=O)O[C@@H]2[C@H](OC(=S)Oc3ccccc3)[C@@H](CO[Si](C)(C)C(C)(C)C)O[C@H]2n2cnc3c(N)ncnc32)cc1. The molecule has 1 aliphatic rings. The second-order valence-corrected chi connectivity index (χ2v) is 19.0. The molecule has 1 fully saturated rings. The van der Waals surface area contributed by atoms with Crippen LogP contribution in [0.4, 0.5) is 5.82 Å². The molecule has 1 aliphatic heterocycles. The van der Waals surface area contributed by atoms with Gasteiger partial charge < -0.3 is 24.4 Å². The summed E-state index contributed by atoms with van der Waals surface area (Å²) >= 11 is 5.48. The first-order chi connectivity index (χ1) is 21.2. The van der Waals surface area contributed by atoms with Gasteiger partial charge in [-0.25, -0.2) is 15.0 Å². The van der Waals surface area contributed by atoms with E-state index in [4.69, 9.17) is 40.8 Å². The van der Waals surface area contributed by atoms with E-state index < -0.39 is 43.0 Å². The number of nitrogen functional groups attached to an aromatic ring is 1. The number of rotatable bonds is 9. The summed E-state index contributed by atoms with van der Waals surface area (Å²) in [5.74, 6) is 0.606. The van der Waals surface area contributed by atoms with Crippen LogP contribution in [0.1, 0.15) is 32.6 Å². The molecule has 0 radical (unpaired) electrons. The first kappa shape index (κ1) is 32.9. The first-order valence-electron chi connectivity index (χ1n) is 14.3. The van der Waals surface area contributed by atoms with E-state index in [1.54, 1.807) is 41.0 Å². The van der Waals surface area contributed by atoms with E-state index in [0.717, 1.165) is 5.56 Å². The van der Waals surface area contributed by atoms with Crippen LogP contribution in [-0.4, -0.2) is 66.4 Å². The van der Waals surface area contributed by atoms with Crippen LogP contribution in [0.5, 0.6) is 5.75 Å². The Morgan fingerprint density at radius 2 is 1.73 bits per heavy atom. The second kappa shape index (κ2) is 12.7. The second-order valence-electron chi connectivity index (χ2n) is 12.3. The summed E-state index contributed by atoms with van der Waals surface area (Å²) in [5.41, 5.74) is 7.59. The Bertz CT molecular complexity index is 1760. The van der Waals surface area contributed by atoms with Crippen molar-refractivity contribution in [2.45, 2.75) is 75.3 Å². The summed E-state index contributed by atoms with van der Waals surface area (Å²) in [7, 11) is -6.62. The topological polar surface area (TPSA) is 150 Å². The third kappa shape index (κ3) is 7.18. The van der Waals surface area contributed by atoms with Gasteiger partial charge in [0.15, 0.2) is 38.2 Å². The van der Waals surface area contributed by atoms with Crippen molar-refractivity contribution in [3.63, 3.8) is 0 Å². The molecule has 1 saturated heterocycles. The number of hydrogen-bond donors (Lipinski definition) is 1. The fraction of sp³-hybridized carbons (Fsp3) is 0.400. The number of hydrogen-bond acceptors (Lipinski definition) is 12. The molecule has 3 heterocycles. The molecule has 5 rings (SSSR count). The van der Waals surface area contributed by atoms with Crippen molar-refractivity contribution in [2.24, 2.45) is 0 Å². The van der Waals surface area contributed by atoms with E-state index in [9.17, 15) is 8.42 Å². The number of benzene rings is 2. The van der Waals surface area contributed by atoms with Crippen molar-refractivity contribution in [2.75, 3.05) is 12.3 Å². The Balaban J connectivity index is 1.56. The molecule has 0 amide bonds. The van der Waals surface area contributed by atoms with Gasteiger partial charge in [-0.3, -0.25) is 8.75 Å². The maximum atomic E-state index is 13.7. The van der Waals surface area contributed by atoms with Gasteiger partial charge in [-0.05, 0) is 49.3 Å². The molecule has 4 atom stereocenters. The monoisotopic (exact) mass is 671 g/mol. The normalized spacial score (nSPS) is 20.8. The molecular formula is C30H37N5O7S2Si.